The minimum absolute atomic E-state index is 0.00125. The van der Waals surface area contributed by atoms with Crippen molar-refractivity contribution in [2.75, 3.05) is 4.43 Å². The van der Waals surface area contributed by atoms with Gasteiger partial charge in [0.05, 0.1) is 0 Å². The molecular formula is C3H7I. The summed E-state index contributed by atoms with van der Waals surface area (Å²) in [6.07, 6.45) is -2.03. The van der Waals surface area contributed by atoms with Gasteiger partial charge >= 0.3 is 0 Å². The Hall–Kier alpha value is 0.730. The fourth-order valence-corrected chi connectivity index (χ4v) is 0. The molecule has 0 spiro atoms. The van der Waals surface area contributed by atoms with Gasteiger partial charge in [-0.1, -0.05) is 29.4 Å². The van der Waals surface area contributed by atoms with E-state index in [9.17, 15) is 0 Å². The second kappa shape index (κ2) is 3.73. The summed E-state index contributed by atoms with van der Waals surface area (Å²) < 4.78 is 33.9. The largest absolute Gasteiger partial charge is 0.0864 e. The molecule has 0 aliphatic heterocycles. The molecule has 0 aliphatic carbocycles. The van der Waals surface area contributed by atoms with E-state index < -0.39 is 13.2 Å². The quantitative estimate of drug-likeness (QED) is 0.421. The highest BCUT2D eigenvalue weighted by Crippen LogP contribution is 1.81. The van der Waals surface area contributed by atoms with Crippen molar-refractivity contribution in [1.82, 2.24) is 0 Å². The van der Waals surface area contributed by atoms with Gasteiger partial charge in [-0.05, 0) is 10.8 Å². The molecule has 0 heterocycles. The van der Waals surface area contributed by atoms with Gasteiger partial charge in [0.25, 0.3) is 0 Å². The van der Waals surface area contributed by atoms with Crippen LogP contribution in [0.25, 0.3) is 0 Å². The number of rotatable bonds is 1. The first-order valence-electron chi connectivity index (χ1n) is 3.37. The van der Waals surface area contributed by atoms with Crippen molar-refractivity contribution in [1.29, 1.82) is 0 Å². The van der Waals surface area contributed by atoms with Gasteiger partial charge in [0.1, 0.15) is 0 Å². The van der Waals surface area contributed by atoms with Crippen LogP contribution < -0.4 is 0 Å². The molecular weight excluding hydrogens is 163 g/mol. The van der Waals surface area contributed by atoms with Gasteiger partial charge in [0.15, 0.2) is 0 Å². The molecule has 0 aliphatic rings. The first-order chi connectivity index (χ1) is 3.81. The molecule has 26 valence electrons. The summed E-state index contributed by atoms with van der Waals surface area (Å²) in [4.78, 5) is 0. The highest BCUT2D eigenvalue weighted by molar-refractivity contribution is 14.1. The molecule has 1 heteroatoms. The van der Waals surface area contributed by atoms with E-state index >= 15 is 0 Å². The highest BCUT2D eigenvalue weighted by atomic mass is 127. The lowest BCUT2D eigenvalue weighted by Gasteiger charge is -1.66. The molecule has 0 nitrogen and oxygen atoms in total. The summed E-state index contributed by atoms with van der Waals surface area (Å²) in [7, 11) is 0. The van der Waals surface area contributed by atoms with Gasteiger partial charge in [-0.3, -0.25) is 0 Å². The molecule has 0 N–H and O–H groups in total. The van der Waals surface area contributed by atoms with Gasteiger partial charge in [-0.2, -0.15) is 0 Å². The predicted octanol–water partition coefficient (Wildman–Crippen LogP) is 1.83. The van der Waals surface area contributed by atoms with Gasteiger partial charge in [-0.25, -0.2) is 0 Å². The third-order valence-corrected chi connectivity index (χ3v) is 0.448. The Kier molecular flexibility index (Phi) is 0.805. The van der Waals surface area contributed by atoms with Crippen LogP contribution in [0.4, 0.5) is 0 Å². The standard InChI is InChI=1S/C3H7I/c1-2-3-4/h2-3H2,1H3/i1D3,2D2. The molecule has 0 aromatic carbocycles. The molecule has 0 radical (unpaired) electrons. The number of hydrogen-bond donors (Lipinski definition) is 0. The van der Waals surface area contributed by atoms with E-state index in [0.29, 0.717) is 0 Å². The molecule has 0 bridgehead atoms. The lowest BCUT2D eigenvalue weighted by atomic mass is 10.6. The molecule has 0 fully saturated rings. The molecule has 4 heavy (non-hydrogen) atoms. The summed E-state index contributed by atoms with van der Waals surface area (Å²) in [6.45, 7) is -2.48. The fraction of sp³-hybridized carbons (Fsp3) is 1.00. The van der Waals surface area contributed by atoms with E-state index in [0.717, 1.165) is 0 Å². The normalized spacial score (nSPS) is 32.8. The minimum atomic E-state index is -2.48. The average Bonchev–Trinajstić information content (AvgIpc) is 1.64. The predicted molar refractivity (Wildman–Crippen MR) is 29.2 cm³/mol. The van der Waals surface area contributed by atoms with E-state index in [1.54, 1.807) is 22.6 Å². The third kappa shape index (κ3) is 2.73. The van der Waals surface area contributed by atoms with Crippen LogP contribution in [-0.4, -0.2) is 4.43 Å². The average molecular weight is 175 g/mol. The zero-order valence-corrected chi connectivity index (χ0v) is 4.24. The Morgan fingerprint density at radius 2 is 3.25 bits per heavy atom. The summed E-state index contributed by atoms with van der Waals surface area (Å²) in [5.41, 5.74) is 0. The van der Waals surface area contributed by atoms with Crippen molar-refractivity contribution in [3.8, 4) is 0 Å². The maximum Gasteiger partial charge on any atom is 0.0271 e. The molecule has 0 saturated carbocycles. The zero-order valence-electron chi connectivity index (χ0n) is 7.09. The summed E-state index contributed by atoms with van der Waals surface area (Å²) in [6, 6.07) is 0. The zero-order chi connectivity index (χ0) is 7.71. The topological polar surface area (TPSA) is 0 Å². The van der Waals surface area contributed by atoms with Crippen molar-refractivity contribution in [2.45, 2.75) is 13.2 Å². The number of halogens is 1. The number of alkyl halides is 1. The Morgan fingerprint density at radius 1 is 2.50 bits per heavy atom. The molecule has 0 atom stereocenters. The molecule has 0 aromatic rings. The molecule has 0 aromatic heterocycles. The van der Waals surface area contributed by atoms with E-state index in [4.69, 9.17) is 6.85 Å². The van der Waals surface area contributed by atoms with Crippen molar-refractivity contribution in [2.24, 2.45) is 0 Å². The van der Waals surface area contributed by atoms with Gasteiger partial charge in [0, 0.05) is 6.85 Å². The Bertz CT molecular complexity index is 94.9. The summed E-state index contributed by atoms with van der Waals surface area (Å²) >= 11 is 1.72. The van der Waals surface area contributed by atoms with Crippen LogP contribution in [0.1, 0.15) is 20.1 Å². The molecule has 0 amide bonds. The molecule has 0 saturated heterocycles. The highest BCUT2D eigenvalue weighted by Gasteiger charge is 1.58. The third-order valence-electron chi connectivity index (χ3n) is 0.0668. The van der Waals surface area contributed by atoms with Crippen molar-refractivity contribution in [3.05, 3.63) is 0 Å². The van der Waals surface area contributed by atoms with Crippen molar-refractivity contribution >= 4 is 22.6 Å². The van der Waals surface area contributed by atoms with Crippen LogP contribution in [0, 0.1) is 0 Å². The molecule has 0 unspecified atom stereocenters. The second-order valence-electron chi connectivity index (χ2n) is 0.310. The minimum Gasteiger partial charge on any atom is -0.0864 e. The van der Waals surface area contributed by atoms with Crippen LogP contribution in [0.2, 0.25) is 0 Å². The van der Waals surface area contributed by atoms with Crippen molar-refractivity contribution < 1.29 is 6.85 Å². The van der Waals surface area contributed by atoms with Gasteiger partial charge in [0.2, 0.25) is 0 Å². The Labute approximate surface area is 47.8 Å². The van der Waals surface area contributed by atoms with Crippen LogP contribution in [0.15, 0.2) is 0 Å². The Morgan fingerprint density at radius 3 is 3.25 bits per heavy atom. The maximum atomic E-state index is 6.92. The molecule has 0 rings (SSSR count). The van der Waals surface area contributed by atoms with E-state index in [2.05, 4.69) is 0 Å². The van der Waals surface area contributed by atoms with Crippen LogP contribution >= 0.6 is 22.6 Å². The first-order valence-corrected chi connectivity index (χ1v) is 2.40. The van der Waals surface area contributed by atoms with Crippen LogP contribution in [0.5, 0.6) is 0 Å². The van der Waals surface area contributed by atoms with Gasteiger partial charge < -0.3 is 0 Å². The van der Waals surface area contributed by atoms with Crippen LogP contribution in [-0.2, 0) is 0 Å². The fourth-order valence-electron chi connectivity index (χ4n) is 0. The lowest BCUT2D eigenvalue weighted by molar-refractivity contribution is 1.13. The SMILES string of the molecule is [2H]C([2H])([2H])C([2H])([2H])CI. The van der Waals surface area contributed by atoms with Crippen LogP contribution in [0.3, 0.4) is 0 Å². The first kappa shape index (κ1) is 0.863. The monoisotopic (exact) mass is 175 g/mol. The van der Waals surface area contributed by atoms with Gasteiger partial charge in [-0.15, -0.1) is 0 Å². The van der Waals surface area contributed by atoms with E-state index in [-0.39, 0.29) is 4.43 Å². The smallest absolute Gasteiger partial charge is 0.0271 e. The summed E-state index contributed by atoms with van der Waals surface area (Å²) in [5, 5.41) is 0. The second-order valence-corrected chi connectivity index (χ2v) is 1.07. The maximum absolute atomic E-state index is 6.92. The number of hydrogen-bond acceptors (Lipinski definition) is 0. The van der Waals surface area contributed by atoms with E-state index in [1.807, 2.05) is 0 Å². The van der Waals surface area contributed by atoms with E-state index in [1.165, 1.54) is 0 Å². The lowest BCUT2D eigenvalue weighted by Crippen LogP contribution is -1.54. The Balaban J connectivity index is 4.14. The summed E-state index contributed by atoms with van der Waals surface area (Å²) in [5.74, 6) is 0. The van der Waals surface area contributed by atoms with Crippen molar-refractivity contribution in [3.63, 3.8) is 0 Å².